The van der Waals surface area contributed by atoms with Gasteiger partial charge in [0.2, 0.25) is 15.9 Å². The topological polar surface area (TPSA) is 117 Å². The SMILES string of the molecule is CS(=O)(=O)Nc1cnn(CC(=O)N2CCCC(O)C2)n1. The van der Waals surface area contributed by atoms with Crippen molar-refractivity contribution in [2.24, 2.45) is 0 Å². The standard InChI is InChI=1S/C10H17N5O4S/c1-20(18,19)13-9-5-11-15(12-9)7-10(17)14-4-2-3-8(16)6-14/h5,8,16H,2-4,6-7H2,1H3,(H,12,13). The number of anilines is 1. The van der Waals surface area contributed by atoms with Crippen LogP contribution in [0.2, 0.25) is 0 Å². The molecule has 1 aromatic heterocycles. The maximum Gasteiger partial charge on any atom is 0.246 e. The first-order valence-electron chi connectivity index (χ1n) is 6.17. The first kappa shape index (κ1) is 14.7. The number of aromatic nitrogens is 3. The van der Waals surface area contributed by atoms with Crippen LogP contribution in [0.4, 0.5) is 5.82 Å². The highest BCUT2D eigenvalue weighted by atomic mass is 32.2. The summed E-state index contributed by atoms with van der Waals surface area (Å²) in [4.78, 5) is 14.7. The number of aliphatic hydroxyl groups excluding tert-OH is 1. The highest BCUT2D eigenvalue weighted by molar-refractivity contribution is 7.92. The molecule has 10 heteroatoms. The third kappa shape index (κ3) is 4.17. The molecule has 20 heavy (non-hydrogen) atoms. The lowest BCUT2D eigenvalue weighted by molar-refractivity contribution is -0.135. The first-order chi connectivity index (χ1) is 9.33. The van der Waals surface area contributed by atoms with E-state index in [0.717, 1.165) is 17.5 Å². The molecule has 112 valence electrons. The predicted octanol–water partition coefficient (Wildman–Crippen LogP) is -1.37. The van der Waals surface area contributed by atoms with Gasteiger partial charge < -0.3 is 10.0 Å². The van der Waals surface area contributed by atoms with E-state index >= 15 is 0 Å². The van der Waals surface area contributed by atoms with E-state index < -0.39 is 16.1 Å². The predicted molar refractivity (Wildman–Crippen MR) is 70.3 cm³/mol. The fourth-order valence-electron chi connectivity index (χ4n) is 2.01. The first-order valence-corrected chi connectivity index (χ1v) is 8.06. The molecule has 1 fully saturated rings. The van der Waals surface area contributed by atoms with E-state index in [0.29, 0.717) is 19.5 Å². The van der Waals surface area contributed by atoms with Gasteiger partial charge in [-0.15, -0.1) is 5.10 Å². The van der Waals surface area contributed by atoms with Crippen LogP contribution in [-0.2, 0) is 21.4 Å². The zero-order valence-electron chi connectivity index (χ0n) is 11.1. The largest absolute Gasteiger partial charge is 0.391 e. The van der Waals surface area contributed by atoms with Gasteiger partial charge in [0.1, 0.15) is 6.54 Å². The second kappa shape index (κ2) is 5.75. The molecule has 1 aliphatic rings. The van der Waals surface area contributed by atoms with Crippen molar-refractivity contribution < 1.29 is 18.3 Å². The molecule has 1 unspecified atom stereocenters. The van der Waals surface area contributed by atoms with Crippen molar-refractivity contribution in [3.63, 3.8) is 0 Å². The average Bonchev–Trinajstić information content (AvgIpc) is 2.74. The number of carbonyl (C=O) groups excluding carboxylic acids is 1. The van der Waals surface area contributed by atoms with E-state index in [9.17, 15) is 18.3 Å². The van der Waals surface area contributed by atoms with Gasteiger partial charge in [-0.3, -0.25) is 9.52 Å². The second-order valence-corrected chi connectivity index (χ2v) is 6.52. The third-order valence-electron chi connectivity index (χ3n) is 2.85. The second-order valence-electron chi connectivity index (χ2n) is 4.77. The molecular formula is C10H17N5O4S. The van der Waals surface area contributed by atoms with Crippen LogP contribution < -0.4 is 4.72 Å². The number of hydrogen-bond donors (Lipinski definition) is 2. The van der Waals surface area contributed by atoms with Crippen molar-refractivity contribution >= 4 is 21.7 Å². The molecule has 1 aromatic rings. The van der Waals surface area contributed by atoms with Crippen LogP contribution in [0.3, 0.4) is 0 Å². The summed E-state index contributed by atoms with van der Waals surface area (Å²) in [5.41, 5.74) is 0. The Hall–Kier alpha value is -1.68. The summed E-state index contributed by atoms with van der Waals surface area (Å²) in [5, 5.41) is 17.2. The molecule has 9 nitrogen and oxygen atoms in total. The lowest BCUT2D eigenvalue weighted by atomic mass is 10.1. The normalized spacial score (nSPS) is 19.9. The van der Waals surface area contributed by atoms with E-state index in [1.807, 2.05) is 0 Å². The van der Waals surface area contributed by atoms with Crippen molar-refractivity contribution in [3.05, 3.63) is 6.20 Å². The third-order valence-corrected chi connectivity index (χ3v) is 3.43. The number of nitrogens with one attached hydrogen (secondary N) is 1. The van der Waals surface area contributed by atoms with E-state index in [-0.39, 0.29) is 18.3 Å². The molecule has 0 radical (unpaired) electrons. The van der Waals surface area contributed by atoms with Crippen LogP contribution in [0.5, 0.6) is 0 Å². The van der Waals surface area contributed by atoms with Crippen molar-refractivity contribution in [2.45, 2.75) is 25.5 Å². The molecule has 0 aromatic carbocycles. The molecule has 2 rings (SSSR count). The van der Waals surface area contributed by atoms with Gasteiger partial charge >= 0.3 is 0 Å². The number of amides is 1. The molecule has 0 aliphatic carbocycles. The van der Waals surface area contributed by atoms with Gasteiger partial charge in [-0.05, 0) is 12.8 Å². The number of aliphatic hydroxyl groups is 1. The lowest BCUT2D eigenvalue weighted by Gasteiger charge is -2.29. The van der Waals surface area contributed by atoms with Crippen molar-refractivity contribution in [1.29, 1.82) is 0 Å². The number of sulfonamides is 1. The minimum Gasteiger partial charge on any atom is -0.391 e. The Kier molecular flexibility index (Phi) is 4.23. The monoisotopic (exact) mass is 303 g/mol. The van der Waals surface area contributed by atoms with E-state index in [4.69, 9.17) is 0 Å². The van der Waals surface area contributed by atoms with Gasteiger partial charge in [0.15, 0.2) is 5.82 Å². The molecule has 0 saturated carbocycles. The van der Waals surface area contributed by atoms with Crippen LogP contribution in [0.1, 0.15) is 12.8 Å². The number of nitrogens with zero attached hydrogens (tertiary/aromatic N) is 4. The average molecular weight is 303 g/mol. The molecular weight excluding hydrogens is 286 g/mol. The van der Waals surface area contributed by atoms with Crippen LogP contribution in [-0.4, -0.2) is 64.8 Å². The molecule has 0 bridgehead atoms. The fourth-order valence-corrected chi connectivity index (χ4v) is 2.49. The van der Waals surface area contributed by atoms with Crippen molar-refractivity contribution in [1.82, 2.24) is 19.9 Å². The molecule has 1 saturated heterocycles. The highest BCUT2D eigenvalue weighted by Crippen LogP contribution is 2.10. The van der Waals surface area contributed by atoms with Gasteiger partial charge in [-0.25, -0.2) is 8.42 Å². The summed E-state index contributed by atoms with van der Waals surface area (Å²) in [6.45, 7) is 0.832. The van der Waals surface area contributed by atoms with Crippen molar-refractivity contribution in [3.8, 4) is 0 Å². The summed E-state index contributed by atoms with van der Waals surface area (Å²) in [6, 6.07) is 0. The molecule has 2 N–H and O–H groups in total. The lowest BCUT2D eigenvalue weighted by Crippen LogP contribution is -2.43. The number of β-amino-alcohol motifs (C(OH)–C–C–N with tert-alkyl or cyclic N) is 1. The molecule has 0 spiro atoms. The number of piperidine rings is 1. The Morgan fingerprint density at radius 3 is 3.00 bits per heavy atom. The maximum absolute atomic E-state index is 12.0. The van der Waals surface area contributed by atoms with Crippen molar-refractivity contribution in [2.75, 3.05) is 24.1 Å². The van der Waals surface area contributed by atoms with Gasteiger partial charge in [0.25, 0.3) is 0 Å². The molecule has 1 aliphatic heterocycles. The number of likely N-dealkylation sites (tertiary alicyclic amines) is 1. The summed E-state index contributed by atoms with van der Waals surface area (Å²) in [5.74, 6) is -0.135. The van der Waals surface area contributed by atoms with E-state index in [2.05, 4.69) is 14.9 Å². The molecule has 1 atom stereocenters. The highest BCUT2D eigenvalue weighted by Gasteiger charge is 2.22. The number of carbonyl (C=O) groups is 1. The molecule has 2 heterocycles. The summed E-state index contributed by atoms with van der Waals surface area (Å²) in [6.07, 6.45) is 3.22. The summed E-state index contributed by atoms with van der Waals surface area (Å²) >= 11 is 0. The fraction of sp³-hybridized carbons (Fsp3) is 0.700. The van der Waals surface area contributed by atoms with Gasteiger partial charge in [0, 0.05) is 13.1 Å². The van der Waals surface area contributed by atoms with Crippen LogP contribution in [0, 0.1) is 0 Å². The number of hydrogen-bond acceptors (Lipinski definition) is 6. The maximum atomic E-state index is 12.0. The van der Waals surface area contributed by atoms with Gasteiger partial charge in [-0.2, -0.15) is 9.90 Å². The Balaban J connectivity index is 1.94. The van der Waals surface area contributed by atoms with Gasteiger partial charge in [0.05, 0.1) is 18.6 Å². The van der Waals surface area contributed by atoms with Crippen LogP contribution in [0.25, 0.3) is 0 Å². The van der Waals surface area contributed by atoms with Crippen LogP contribution >= 0.6 is 0 Å². The Bertz CT molecular complexity index is 584. The summed E-state index contributed by atoms with van der Waals surface area (Å²) in [7, 11) is -3.41. The quantitative estimate of drug-likeness (QED) is 0.709. The van der Waals surface area contributed by atoms with Gasteiger partial charge in [-0.1, -0.05) is 0 Å². The Morgan fingerprint density at radius 1 is 1.60 bits per heavy atom. The Labute approximate surface area is 116 Å². The van der Waals surface area contributed by atoms with Crippen LogP contribution in [0.15, 0.2) is 6.20 Å². The minimum absolute atomic E-state index is 0.0685. The van der Waals surface area contributed by atoms with E-state index in [1.54, 1.807) is 4.90 Å². The zero-order valence-corrected chi connectivity index (χ0v) is 11.9. The molecule has 1 amide bonds. The van der Waals surface area contributed by atoms with E-state index in [1.165, 1.54) is 6.20 Å². The zero-order chi connectivity index (χ0) is 14.8. The number of rotatable bonds is 4. The summed E-state index contributed by atoms with van der Waals surface area (Å²) < 4.78 is 24.2. The Morgan fingerprint density at radius 2 is 2.35 bits per heavy atom. The minimum atomic E-state index is -3.41. The smallest absolute Gasteiger partial charge is 0.246 e.